The van der Waals surface area contributed by atoms with Gasteiger partial charge < -0.3 is 4.90 Å². The zero-order valence-corrected chi connectivity index (χ0v) is 39.1. The van der Waals surface area contributed by atoms with Crippen molar-refractivity contribution >= 4 is 45.9 Å². The van der Waals surface area contributed by atoms with Crippen molar-refractivity contribution in [1.29, 1.82) is 0 Å². The predicted molar refractivity (Wildman–Crippen MR) is 292 cm³/mol. The summed E-state index contributed by atoms with van der Waals surface area (Å²) in [5.41, 5.74) is 17.9. The van der Waals surface area contributed by atoms with Crippen LogP contribution in [0.2, 0.25) is 0 Å². The molecule has 0 amide bonds. The summed E-state index contributed by atoms with van der Waals surface area (Å²) in [5, 5.41) is 5.72. The van der Waals surface area contributed by atoms with Crippen LogP contribution in [0.15, 0.2) is 285 Å². The van der Waals surface area contributed by atoms with Crippen molar-refractivity contribution in [1.82, 2.24) is 0 Å². The third-order valence-corrected chi connectivity index (χ3v) is 19.7. The third-order valence-electron chi connectivity index (χ3n) is 14.8. The summed E-state index contributed by atoms with van der Waals surface area (Å²) in [5.74, 6) is 0. The fourth-order valence-electron chi connectivity index (χ4n) is 11.9. The third kappa shape index (κ3) is 6.37. The average molecular weight is 894 g/mol. The Morgan fingerprint density at radius 1 is 0.261 bits per heavy atom. The first-order chi connectivity index (χ1) is 34.2. The second kappa shape index (κ2) is 16.6. The molecule has 2 aliphatic rings. The predicted octanol–water partition coefficient (Wildman–Crippen LogP) is 14.2. The van der Waals surface area contributed by atoms with Crippen LogP contribution >= 0.6 is 0 Å². The molecule has 0 spiro atoms. The van der Waals surface area contributed by atoms with E-state index in [1.54, 1.807) is 0 Å². The van der Waals surface area contributed by atoms with Crippen LogP contribution in [0.3, 0.4) is 0 Å². The number of anilines is 3. The van der Waals surface area contributed by atoms with Gasteiger partial charge in [0, 0.05) is 17.1 Å². The van der Waals surface area contributed by atoms with Crippen LogP contribution in [-0.2, 0) is 5.41 Å². The van der Waals surface area contributed by atoms with Gasteiger partial charge in [-0.3, -0.25) is 0 Å². The van der Waals surface area contributed by atoms with Crippen LogP contribution in [0.4, 0.5) is 17.1 Å². The summed E-state index contributed by atoms with van der Waals surface area (Å²) in [6, 6.07) is 106. The highest BCUT2D eigenvalue weighted by molar-refractivity contribution is 7.22. The molecule has 0 unspecified atom stereocenters. The van der Waals surface area contributed by atoms with Crippen LogP contribution in [0.1, 0.15) is 22.3 Å². The molecule has 11 aromatic carbocycles. The Balaban J connectivity index is 0.964. The standard InChI is InChI=1S/C67H47NSi/c1-5-20-48(21-6-1)49-36-40-54(41-37-49)68(56-44-45-60-59-30-13-16-33-63(59)67(64(60)47-56,52-23-7-2-8-24-52)53-25-9-3-10-26-53)55-42-38-50(39-43-55)51-22-19-29-58(46-51)69(57-27-11-4-12-28-57)65-34-17-14-31-61(65)62-32-15-18-35-66(62)69/h1-47H. The summed E-state index contributed by atoms with van der Waals surface area (Å²) in [7, 11) is -2.64. The first-order valence-electron chi connectivity index (χ1n) is 24.0. The minimum Gasteiger partial charge on any atom is -0.310 e. The van der Waals surface area contributed by atoms with Crippen molar-refractivity contribution in [3.05, 3.63) is 307 Å². The van der Waals surface area contributed by atoms with Crippen LogP contribution in [0, 0.1) is 0 Å². The van der Waals surface area contributed by atoms with E-state index in [4.69, 9.17) is 0 Å². The summed E-state index contributed by atoms with van der Waals surface area (Å²) in [6.45, 7) is 0. The number of rotatable bonds is 9. The molecule has 13 rings (SSSR count). The summed E-state index contributed by atoms with van der Waals surface area (Å²) in [6.07, 6.45) is 0. The Labute approximate surface area is 405 Å². The monoisotopic (exact) mass is 893 g/mol. The molecule has 0 saturated carbocycles. The van der Waals surface area contributed by atoms with Gasteiger partial charge in [0.15, 0.2) is 8.07 Å². The largest absolute Gasteiger partial charge is 0.310 e. The maximum Gasteiger partial charge on any atom is 0.180 e. The summed E-state index contributed by atoms with van der Waals surface area (Å²) < 4.78 is 0. The SMILES string of the molecule is c1ccc(-c2ccc(N(c3ccc(-c4cccc([Si]5(c6ccccc6)c6ccccc6-c6ccccc65)c4)cc3)c3ccc4c(c3)C(c3ccccc3)(c3ccccc3)c3ccccc3-4)cc2)cc1. The van der Waals surface area contributed by atoms with E-state index in [1.807, 2.05) is 0 Å². The number of fused-ring (bicyclic) bond motifs is 6. The molecule has 1 nitrogen and oxygen atoms in total. The van der Waals surface area contributed by atoms with Crippen molar-refractivity contribution in [2.24, 2.45) is 0 Å². The minimum absolute atomic E-state index is 0.511. The van der Waals surface area contributed by atoms with Crippen molar-refractivity contribution < 1.29 is 0 Å². The van der Waals surface area contributed by atoms with E-state index in [2.05, 4.69) is 290 Å². The number of nitrogens with zero attached hydrogens (tertiary/aromatic N) is 1. The molecule has 0 bridgehead atoms. The second-order valence-corrected chi connectivity index (χ2v) is 22.1. The quantitative estimate of drug-likeness (QED) is 0.131. The fourth-order valence-corrected chi connectivity index (χ4v) is 17.1. The van der Waals surface area contributed by atoms with Gasteiger partial charge in [0.05, 0.1) is 5.41 Å². The molecule has 1 heterocycles. The Bertz CT molecular complexity index is 3560. The normalized spacial score (nSPS) is 13.4. The molecule has 0 radical (unpaired) electrons. The molecule has 1 aliphatic heterocycles. The van der Waals surface area contributed by atoms with Crippen molar-refractivity contribution in [2.45, 2.75) is 5.41 Å². The smallest absolute Gasteiger partial charge is 0.180 e. The van der Waals surface area contributed by atoms with Gasteiger partial charge in [0.1, 0.15) is 0 Å². The van der Waals surface area contributed by atoms with Crippen LogP contribution in [-0.4, -0.2) is 8.07 Å². The topological polar surface area (TPSA) is 3.24 Å². The Hall–Kier alpha value is -8.56. The molecule has 2 heteroatoms. The molecular weight excluding hydrogens is 847 g/mol. The van der Waals surface area contributed by atoms with E-state index < -0.39 is 13.5 Å². The van der Waals surface area contributed by atoms with E-state index in [9.17, 15) is 0 Å². The Morgan fingerprint density at radius 3 is 1.28 bits per heavy atom. The molecule has 69 heavy (non-hydrogen) atoms. The summed E-state index contributed by atoms with van der Waals surface area (Å²) in [4.78, 5) is 2.43. The van der Waals surface area contributed by atoms with Crippen molar-refractivity contribution in [2.75, 3.05) is 4.90 Å². The van der Waals surface area contributed by atoms with Gasteiger partial charge in [-0.05, 0) is 124 Å². The molecule has 324 valence electrons. The summed E-state index contributed by atoms with van der Waals surface area (Å²) >= 11 is 0. The molecule has 1 aliphatic carbocycles. The maximum absolute atomic E-state index is 2.64. The first kappa shape index (κ1) is 40.7. The van der Waals surface area contributed by atoms with E-state index >= 15 is 0 Å². The van der Waals surface area contributed by atoms with E-state index in [-0.39, 0.29) is 0 Å². The van der Waals surface area contributed by atoms with Gasteiger partial charge in [-0.25, -0.2) is 0 Å². The van der Waals surface area contributed by atoms with Crippen molar-refractivity contribution in [3.63, 3.8) is 0 Å². The van der Waals surface area contributed by atoms with Gasteiger partial charge >= 0.3 is 0 Å². The van der Waals surface area contributed by atoms with Gasteiger partial charge in [-0.1, -0.05) is 249 Å². The van der Waals surface area contributed by atoms with Gasteiger partial charge in [0.2, 0.25) is 0 Å². The minimum atomic E-state index is -2.64. The second-order valence-electron chi connectivity index (χ2n) is 18.3. The first-order valence-corrected chi connectivity index (χ1v) is 26.0. The lowest BCUT2D eigenvalue weighted by Crippen LogP contribution is -2.72. The van der Waals surface area contributed by atoms with Gasteiger partial charge in [0.25, 0.3) is 0 Å². The Morgan fingerprint density at radius 2 is 0.681 bits per heavy atom. The van der Waals surface area contributed by atoms with Crippen LogP contribution < -0.4 is 25.6 Å². The van der Waals surface area contributed by atoms with E-state index in [1.165, 1.54) is 87.5 Å². The molecule has 0 atom stereocenters. The molecule has 0 aromatic heterocycles. The lowest BCUT2D eigenvalue weighted by molar-refractivity contribution is 0.768. The van der Waals surface area contributed by atoms with Crippen LogP contribution in [0.5, 0.6) is 0 Å². The number of hydrogen-bond donors (Lipinski definition) is 0. The molecule has 0 fully saturated rings. The average Bonchev–Trinajstić information content (AvgIpc) is 3.91. The number of hydrogen-bond acceptors (Lipinski definition) is 1. The zero-order chi connectivity index (χ0) is 45.8. The highest BCUT2D eigenvalue weighted by Crippen LogP contribution is 2.57. The van der Waals surface area contributed by atoms with E-state index in [0.29, 0.717) is 0 Å². The zero-order valence-electron chi connectivity index (χ0n) is 38.1. The maximum atomic E-state index is 2.48. The molecule has 0 N–H and O–H groups in total. The Kier molecular flexibility index (Phi) is 9.81. The highest BCUT2D eigenvalue weighted by Gasteiger charge is 2.49. The lowest BCUT2D eigenvalue weighted by atomic mass is 9.67. The highest BCUT2D eigenvalue weighted by atomic mass is 28.3. The van der Waals surface area contributed by atoms with E-state index in [0.717, 1.165) is 17.1 Å². The lowest BCUT2D eigenvalue weighted by Gasteiger charge is -2.35. The number of benzene rings is 11. The fraction of sp³-hybridized carbons (Fsp3) is 0.0149. The van der Waals surface area contributed by atoms with Gasteiger partial charge in [-0.2, -0.15) is 0 Å². The molecule has 11 aromatic rings. The molecule has 0 saturated heterocycles. The van der Waals surface area contributed by atoms with Crippen LogP contribution in [0.25, 0.3) is 44.5 Å². The van der Waals surface area contributed by atoms with Crippen molar-refractivity contribution in [3.8, 4) is 44.5 Å². The van der Waals surface area contributed by atoms with Gasteiger partial charge in [-0.15, -0.1) is 0 Å². The molecular formula is C67H47NSi.